The smallest absolute Gasteiger partial charge is 0.337 e. The van der Waals surface area contributed by atoms with Crippen molar-refractivity contribution in [3.8, 4) is 0 Å². The number of halogens is 2. The van der Waals surface area contributed by atoms with Crippen LogP contribution in [0.15, 0.2) is 16.6 Å². The molecule has 0 saturated carbocycles. The van der Waals surface area contributed by atoms with Gasteiger partial charge in [-0.05, 0) is 63.1 Å². The van der Waals surface area contributed by atoms with Crippen LogP contribution in [0, 0.1) is 10.5 Å². The zero-order valence-electron chi connectivity index (χ0n) is 6.27. The Morgan fingerprint density at radius 3 is 2.58 bits per heavy atom. The molecule has 12 heavy (non-hydrogen) atoms. The maximum atomic E-state index is 10.7. The minimum Gasteiger partial charge on any atom is -0.478 e. The van der Waals surface area contributed by atoms with Crippen molar-refractivity contribution in [3.63, 3.8) is 0 Å². The van der Waals surface area contributed by atoms with E-state index in [0.717, 1.165) is 9.13 Å². The Labute approximate surface area is 92.2 Å². The van der Waals surface area contributed by atoms with Crippen LogP contribution in [-0.4, -0.2) is 11.1 Å². The van der Waals surface area contributed by atoms with E-state index in [-0.39, 0.29) is 0 Å². The lowest BCUT2D eigenvalue weighted by Gasteiger charge is -2.03. The molecule has 0 fully saturated rings. The second-order valence-corrected chi connectivity index (χ2v) is 4.43. The molecule has 0 aromatic heterocycles. The van der Waals surface area contributed by atoms with E-state index in [1.165, 1.54) is 0 Å². The van der Waals surface area contributed by atoms with Crippen molar-refractivity contribution in [1.29, 1.82) is 0 Å². The quantitative estimate of drug-likeness (QED) is 0.798. The van der Waals surface area contributed by atoms with Crippen LogP contribution in [-0.2, 0) is 0 Å². The van der Waals surface area contributed by atoms with E-state index in [9.17, 15) is 4.79 Å². The summed E-state index contributed by atoms with van der Waals surface area (Å²) in [5.74, 6) is -0.897. The number of carbonyl (C=O) groups is 1. The molecule has 1 aromatic rings. The minimum absolute atomic E-state index is 0.334. The zero-order chi connectivity index (χ0) is 9.30. The topological polar surface area (TPSA) is 37.3 Å². The van der Waals surface area contributed by atoms with Crippen LogP contribution in [0.2, 0.25) is 0 Å². The Morgan fingerprint density at radius 1 is 1.58 bits per heavy atom. The maximum absolute atomic E-state index is 10.7. The monoisotopic (exact) mass is 340 g/mol. The molecule has 0 aliphatic rings. The number of benzene rings is 1. The van der Waals surface area contributed by atoms with Crippen molar-refractivity contribution in [3.05, 3.63) is 31.3 Å². The molecule has 1 N–H and O–H groups in total. The van der Waals surface area contributed by atoms with Crippen LogP contribution in [0.25, 0.3) is 0 Å². The van der Waals surface area contributed by atoms with E-state index < -0.39 is 5.97 Å². The molecule has 0 bridgehead atoms. The first-order chi connectivity index (χ1) is 5.52. The normalized spacial score (nSPS) is 9.92. The largest absolute Gasteiger partial charge is 0.478 e. The lowest BCUT2D eigenvalue weighted by molar-refractivity contribution is 0.0694. The summed E-state index contributed by atoms with van der Waals surface area (Å²) in [6.45, 7) is 1.93. The van der Waals surface area contributed by atoms with Gasteiger partial charge >= 0.3 is 5.97 Å². The Morgan fingerprint density at radius 2 is 2.17 bits per heavy atom. The SMILES string of the molecule is Cc1cc(Br)c(C(=O)O)c(I)c1. The summed E-state index contributed by atoms with van der Waals surface area (Å²) >= 11 is 5.23. The molecular formula is C8H6BrIO2. The molecule has 0 heterocycles. The molecule has 0 aliphatic heterocycles. The lowest BCUT2D eigenvalue weighted by Crippen LogP contribution is -2.01. The van der Waals surface area contributed by atoms with Crippen molar-refractivity contribution in [2.45, 2.75) is 6.92 Å². The first-order valence-corrected chi connectivity index (χ1v) is 5.08. The molecule has 0 unspecified atom stereocenters. The number of carboxylic acid groups (broad SMARTS) is 1. The van der Waals surface area contributed by atoms with Crippen molar-refractivity contribution in [1.82, 2.24) is 0 Å². The highest BCUT2D eigenvalue weighted by Gasteiger charge is 2.12. The number of rotatable bonds is 1. The molecule has 0 amide bonds. The highest BCUT2D eigenvalue weighted by molar-refractivity contribution is 14.1. The summed E-state index contributed by atoms with van der Waals surface area (Å²) < 4.78 is 1.39. The van der Waals surface area contributed by atoms with Gasteiger partial charge < -0.3 is 5.11 Å². The predicted octanol–water partition coefficient (Wildman–Crippen LogP) is 3.06. The summed E-state index contributed by atoms with van der Waals surface area (Å²) in [7, 11) is 0. The summed E-state index contributed by atoms with van der Waals surface area (Å²) in [4.78, 5) is 10.7. The molecule has 1 rings (SSSR count). The molecule has 0 saturated heterocycles. The number of aryl methyl sites for hydroxylation is 1. The van der Waals surface area contributed by atoms with E-state index >= 15 is 0 Å². The van der Waals surface area contributed by atoms with Crippen LogP contribution in [0.5, 0.6) is 0 Å². The highest BCUT2D eigenvalue weighted by atomic mass is 127. The molecule has 1 aromatic carbocycles. The van der Waals surface area contributed by atoms with Crippen molar-refractivity contribution < 1.29 is 9.90 Å². The van der Waals surface area contributed by atoms with E-state index in [1.54, 1.807) is 6.07 Å². The Kier molecular flexibility index (Phi) is 3.11. The third-order valence-corrected chi connectivity index (χ3v) is 2.88. The van der Waals surface area contributed by atoms with Gasteiger partial charge in [0.2, 0.25) is 0 Å². The van der Waals surface area contributed by atoms with Crippen molar-refractivity contribution in [2.75, 3.05) is 0 Å². The molecule has 0 spiro atoms. The van der Waals surface area contributed by atoms with Crippen LogP contribution in [0.4, 0.5) is 0 Å². The van der Waals surface area contributed by atoms with Crippen LogP contribution >= 0.6 is 38.5 Å². The third kappa shape index (κ3) is 1.98. The summed E-state index contributed by atoms with van der Waals surface area (Å²) in [5.41, 5.74) is 1.39. The Balaban J connectivity index is 3.38. The van der Waals surface area contributed by atoms with Gasteiger partial charge in [-0.15, -0.1) is 0 Å². The van der Waals surface area contributed by atoms with Crippen LogP contribution in [0.3, 0.4) is 0 Å². The summed E-state index contributed by atoms with van der Waals surface area (Å²) in [5, 5.41) is 8.80. The fourth-order valence-corrected chi connectivity index (χ4v) is 3.03. The van der Waals surface area contributed by atoms with Gasteiger partial charge in [-0.25, -0.2) is 4.79 Å². The maximum Gasteiger partial charge on any atom is 0.337 e. The Bertz CT molecular complexity index is 313. The first kappa shape index (κ1) is 9.98. The Hall–Kier alpha value is -0.100. The molecule has 0 atom stereocenters. The summed E-state index contributed by atoms with van der Waals surface area (Å²) in [6, 6.07) is 3.64. The van der Waals surface area contributed by atoms with Gasteiger partial charge in [0.25, 0.3) is 0 Å². The molecule has 0 radical (unpaired) electrons. The number of aromatic carboxylic acids is 1. The predicted molar refractivity (Wildman–Crippen MR) is 58.6 cm³/mol. The van der Waals surface area contributed by atoms with Gasteiger partial charge in [-0.1, -0.05) is 0 Å². The van der Waals surface area contributed by atoms with Crippen molar-refractivity contribution >= 4 is 44.5 Å². The molecule has 2 nitrogen and oxygen atoms in total. The second kappa shape index (κ2) is 3.74. The van der Waals surface area contributed by atoms with Crippen LogP contribution in [0.1, 0.15) is 15.9 Å². The molecule has 4 heteroatoms. The van der Waals surface area contributed by atoms with Gasteiger partial charge in [0.15, 0.2) is 0 Å². The average molecular weight is 341 g/mol. The number of carboxylic acids is 1. The third-order valence-electron chi connectivity index (χ3n) is 1.40. The van der Waals surface area contributed by atoms with Gasteiger partial charge in [0.05, 0.1) is 5.56 Å². The first-order valence-electron chi connectivity index (χ1n) is 3.21. The number of hydrogen-bond acceptors (Lipinski definition) is 1. The zero-order valence-corrected chi connectivity index (χ0v) is 10.0. The van der Waals surface area contributed by atoms with Gasteiger partial charge in [-0.3, -0.25) is 0 Å². The molecule has 0 aliphatic carbocycles. The fourth-order valence-electron chi connectivity index (χ4n) is 0.904. The average Bonchev–Trinajstić information content (AvgIpc) is 1.82. The van der Waals surface area contributed by atoms with Crippen molar-refractivity contribution in [2.24, 2.45) is 0 Å². The second-order valence-electron chi connectivity index (χ2n) is 2.41. The van der Waals surface area contributed by atoms with Crippen LogP contribution < -0.4 is 0 Å². The van der Waals surface area contributed by atoms with Gasteiger partial charge in [0, 0.05) is 8.04 Å². The highest BCUT2D eigenvalue weighted by Crippen LogP contribution is 2.24. The minimum atomic E-state index is -0.897. The van der Waals surface area contributed by atoms with E-state index in [4.69, 9.17) is 5.11 Å². The standard InChI is InChI=1S/C8H6BrIO2/c1-4-2-5(9)7(8(11)12)6(10)3-4/h2-3H,1H3,(H,11,12). The lowest BCUT2D eigenvalue weighted by atomic mass is 10.1. The fraction of sp³-hybridized carbons (Fsp3) is 0.125. The van der Waals surface area contributed by atoms with Gasteiger partial charge in [-0.2, -0.15) is 0 Å². The van der Waals surface area contributed by atoms with E-state index in [1.807, 2.05) is 35.6 Å². The van der Waals surface area contributed by atoms with E-state index in [0.29, 0.717) is 10.0 Å². The number of hydrogen-bond donors (Lipinski definition) is 1. The van der Waals surface area contributed by atoms with E-state index in [2.05, 4.69) is 15.9 Å². The summed E-state index contributed by atoms with van der Waals surface area (Å²) in [6.07, 6.45) is 0. The molecular weight excluding hydrogens is 335 g/mol. The molecule has 64 valence electrons. The van der Waals surface area contributed by atoms with Gasteiger partial charge in [0.1, 0.15) is 0 Å².